The number of hydrogen-bond donors (Lipinski definition) is 0. The fraction of sp³-hybridized carbons (Fsp3) is 0.0435. The van der Waals surface area contributed by atoms with Gasteiger partial charge in [-0.25, -0.2) is 9.20 Å². The van der Waals surface area contributed by atoms with E-state index in [1.54, 1.807) is 7.11 Å². The number of methoxy groups -OCH3 is 1. The highest BCUT2D eigenvalue weighted by Crippen LogP contribution is 2.36. The van der Waals surface area contributed by atoms with E-state index in [1.807, 2.05) is 78.9 Å². The predicted molar refractivity (Wildman–Crippen MR) is 110 cm³/mol. The van der Waals surface area contributed by atoms with E-state index in [0.29, 0.717) is 34.0 Å². The third kappa shape index (κ3) is 2.82. The third-order valence-corrected chi connectivity index (χ3v) is 4.78. The van der Waals surface area contributed by atoms with E-state index >= 15 is 0 Å². The van der Waals surface area contributed by atoms with Crippen molar-refractivity contribution in [1.29, 1.82) is 0 Å². The molecule has 6 heteroatoms. The van der Waals surface area contributed by atoms with E-state index < -0.39 is 5.76 Å². The molecule has 0 bridgehead atoms. The van der Waals surface area contributed by atoms with Gasteiger partial charge in [-0.2, -0.15) is 0 Å². The summed E-state index contributed by atoms with van der Waals surface area (Å²) in [6.07, 6.45) is 0. The first kappa shape index (κ1) is 17.1. The van der Waals surface area contributed by atoms with E-state index in [4.69, 9.17) is 14.0 Å². The van der Waals surface area contributed by atoms with Crippen molar-refractivity contribution in [2.45, 2.75) is 0 Å². The van der Waals surface area contributed by atoms with Crippen LogP contribution in [0.4, 0.5) is 0 Å². The molecule has 2 aromatic heterocycles. The average molecular weight is 384 g/mol. The molecule has 0 saturated heterocycles. The molecule has 0 atom stereocenters. The van der Waals surface area contributed by atoms with Gasteiger partial charge in [0.2, 0.25) is 0 Å². The Morgan fingerprint density at radius 3 is 2.45 bits per heavy atom. The van der Waals surface area contributed by atoms with Crippen LogP contribution in [0.5, 0.6) is 17.2 Å². The monoisotopic (exact) mass is 384 g/mol. The van der Waals surface area contributed by atoms with Crippen LogP contribution in [-0.2, 0) is 0 Å². The van der Waals surface area contributed by atoms with Crippen LogP contribution in [0.1, 0.15) is 0 Å². The molecule has 0 N–H and O–H groups in total. The summed E-state index contributed by atoms with van der Waals surface area (Å²) in [7, 11) is 1.59. The Hall–Kier alpha value is -4.06. The first-order valence-corrected chi connectivity index (χ1v) is 9.07. The molecule has 0 amide bonds. The van der Waals surface area contributed by atoms with Crippen molar-refractivity contribution >= 4 is 16.4 Å². The Balaban J connectivity index is 1.79. The molecule has 29 heavy (non-hydrogen) atoms. The van der Waals surface area contributed by atoms with Crippen LogP contribution in [0.25, 0.3) is 27.7 Å². The van der Waals surface area contributed by atoms with Crippen molar-refractivity contribution in [3.05, 3.63) is 89.4 Å². The standard InChI is InChI=1S/C23H16N2O4/c1-27-20-12-6-5-10-16(20)22-19-14-17-18(25(19)23(26)29-24-22)11-7-13-21(17)28-15-8-3-2-4-9-15/h2-14H,1H3. The molecule has 0 fully saturated rings. The van der Waals surface area contributed by atoms with E-state index in [9.17, 15) is 4.79 Å². The summed E-state index contributed by atoms with van der Waals surface area (Å²) in [5.41, 5.74) is 2.55. The Kier molecular flexibility index (Phi) is 4.02. The molecular weight excluding hydrogens is 368 g/mol. The number of para-hydroxylation sites is 2. The number of hydrogen-bond acceptors (Lipinski definition) is 5. The van der Waals surface area contributed by atoms with Crippen molar-refractivity contribution in [2.75, 3.05) is 7.11 Å². The molecule has 5 aromatic rings. The number of fused-ring (bicyclic) bond motifs is 3. The van der Waals surface area contributed by atoms with Crippen molar-refractivity contribution < 1.29 is 14.0 Å². The van der Waals surface area contributed by atoms with Gasteiger partial charge in [0.1, 0.15) is 22.9 Å². The molecule has 0 aliphatic carbocycles. The molecule has 6 nitrogen and oxygen atoms in total. The first-order chi connectivity index (χ1) is 14.3. The van der Waals surface area contributed by atoms with Crippen molar-refractivity contribution in [1.82, 2.24) is 9.56 Å². The largest absolute Gasteiger partial charge is 0.496 e. The minimum absolute atomic E-state index is 0.518. The molecule has 0 radical (unpaired) electrons. The van der Waals surface area contributed by atoms with Crippen LogP contribution in [0.2, 0.25) is 0 Å². The van der Waals surface area contributed by atoms with E-state index in [2.05, 4.69) is 5.16 Å². The van der Waals surface area contributed by atoms with Crippen molar-refractivity contribution in [2.24, 2.45) is 0 Å². The van der Waals surface area contributed by atoms with Crippen LogP contribution in [0.15, 0.2) is 88.2 Å². The maximum Gasteiger partial charge on any atom is 0.445 e. The number of aromatic nitrogens is 2. The Labute approximate surface area is 165 Å². The third-order valence-electron chi connectivity index (χ3n) is 4.78. The minimum Gasteiger partial charge on any atom is -0.496 e. The van der Waals surface area contributed by atoms with E-state index in [1.165, 1.54) is 4.40 Å². The van der Waals surface area contributed by atoms with Gasteiger partial charge >= 0.3 is 5.76 Å². The molecule has 0 saturated carbocycles. The Morgan fingerprint density at radius 1 is 0.862 bits per heavy atom. The van der Waals surface area contributed by atoms with Crippen LogP contribution in [-0.4, -0.2) is 16.7 Å². The lowest BCUT2D eigenvalue weighted by Gasteiger charge is -2.07. The Morgan fingerprint density at radius 2 is 1.62 bits per heavy atom. The van der Waals surface area contributed by atoms with E-state index in [0.717, 1.165) is 10.9 Å². The van der Waals surface area contributed by atoms with Gasteiger partial charge in [-0.1, -0.05) is 41.6 Å². The molecular formula is C23H16N2O4. The zero-order chi connectivity index (χ0) is 19.8. The number of rotatable bonds is 4. The zero-order valence-corrected chi connectivity index (χ0v) is 15.5. The molecule has 142 valence electrons. The second kappa shape index (κ2) is 6.83. The fourth-order valence-corrected chi connectivity index (χ4v) is 3.48. The van der Waals surface area contributed by atoms with Crippen LogP contribution in [0.3, 0.4) is 0 Å². The second-order valence-electron chi connectivity index (χ2n) is 6.47. The lowest BCUT2D eigenvalue weighted by atomic mass is 10.1. The summed E-state index contributed by atoms with van der Waals surface area (Å²) < 4.78 is 18.1. The lowest BCUT2D eigenvalue weighted by molar-refractivity contribution is 0.351. The Bertz CT molecular complexity index is 1390. The predicted octanol–water partition coefficient (Wildman–Crippen LogP) is 4.91. The summed E-state index contributed by atoms with van der Waals surface area (Å²) in [5, 5.41) is 4.85. The van der Waals surface area contributed by atoms with E-state index in [-0.39, 0.29) is 0 Å². The highest BCUT2D eigenvalue weighted by molar-refractivity contribution is 5.96. The molecule has 0 aliphatic rings. The van der Waals surface area contributed by atoms with Gasteiger partial charge in [0, 0.05) is 10.9 Å². The highest BCUT2D eigenvalue weighted by atomic mass is 16.5. The molecule has 3 aromatic carbocycles. The molecule has 0 aliphatic heterocycles. The van der Waals surface area contributed by atoms with Gasteiger partial charge in [-0.15, -0.1) is 0 Å². The fourth-order valence-electron chi connectivity index (χ4n) is 3.48. The highest BCUT2D eigenvalue weighted by Gasteiger charge is 2.18. The number of benzene rings is 3. The second-order valence-corrected chi connectivity index (χ2v) is 6.47. The van der Waals surface area contributed by atoms with Crippen LogP contribution >= 0.6 is 0 Å². The summed E-state index contributed by atoms with van der Waals surface area (Å²) in [6, 6.07) is 24.4. The normalized spacial score (nSPS) is 11.1. The maximum atomic E-state index is 12.5. The molecule has 5 rings (SSSR count). The molecule has 0 spiro atoms. The van der Waals surface area contributed by atoms with Crippen molar-refractivity contribution in [3.8, 4) is 28.5 Å². The van der Waals surface area contributed by atoms with Crippen LogP contribution < -0.4 is 15.2 Å². The first-order valence-electron chi connectivity index (χ1n) is 9.07. The molecule has 2 heterocycles. The SMILES string of the molecule is COc1ccccc1-c1noc(=O)n2c1cc1c(Oc3ccccc3)cccc12. The van der Waals surface area contributed by atoms with Crippen molar-refractivity contribution in [3.63, 3.8) is 0 Å². The lowest BCUT2D eigenvalue weighted by Crippen LogP contribution is -2.12. The summed E-state index contributed by atoms with van der Waals surface area (Å²) in [6.45, 7) is 0. The van der Waals surface area contributed by atoms with Gasteiger partial charge in [0.05, 0.1) is 18.1 Å². The van der Waals surface area contributed by atoms with Crippen LogP contribution in [0, 0.1) is 0 Å². The smallest absolute Gasteiger partial charge is 0.445 e. The quantitative estimate of drug-likeness (QED) is 0.441. The minimum atomic E-state index is -0.564. The number of ether oxygens (including phenoxy) is 2. The van der Waals surface area contributed by atoms with Gasteiger partial charge in [0.25, 0.3) is 0 Å². The van der Waals surface area contributed by atoms with Gasteiger partial charge < -0.3 is 9.47 Å². The average Bonchev–Trinajstić information content (AvgIpc) is 3.16. The molecule has 0 unspecified atom stereocenters. The van der Waals surface area contributed by atoms with Gasteiger partial charge in [0.15, 0.2) is 0 Å². The summed E-state index contributed by atoms with van der Waals surface area (Å²) in [4.78, 5) is 12.5. The maximum absolute atomic E-state index is 12.5. The van der Waals surface area contributed by atoms with Gasteiger partial charge in [-0.05, 0) is 42.5 Å². The topological polar surface area (TPSA) is 66.0 Å². The van der Waals surface area contributed by atoms with Gasteiger partial charge in [-0.3, -0.25) is 4.52 Å². The zero-order valence-electron chi connectivity index (χ0n) is 15.5. The number of nitrogens with zero attached hydrogens (tertiary/aromatic N) is 2. The summed E-state index contributed by atoms with van der Waals surface area (Å²) >= 11 is 0. The summed E-state index contributed by atoms with van der Waals surface area (Å²) in [5.74, 6) is 1.43.